The predicted octanol–water partition coefficient (Wildman–Crippen LogP) is 5.08. The van der Waals surface area contributed by atoms with Crippen LogP contribution < -0.4 is 4.90 Å². The number of hydrogen-bond acceptors (Lipinski definition) is 2. The molecule has 0 bridgehead atoms. The number of rotatable bonds is 2. The third-order valence-electron chi connectivity index (χ3n) is 3.46. The molecule has 1 heterocycles. The zero-order chi connectivity index (χ0) is 15.0. The van der Waals surface area contributed by atoms with E-state index in [-0.39, 0.29) is 11.3 Å². The van der Waals surface area contributed by atoms with Crippen LogP contribution in [0.25, 0.3) is 0 Å². The summed E-state index contributed by atoms with van der Waals surface area (Å²) >= 11 is 13.7. The van der Waals surface area contributed by atoms with Gasteiger partial charge in [-0.15, -0.1) is 11.8 Å². The van der Waals surface area contributed by atoms with Crippen molar-refractivity contribution >= 4 is 46.6 Å². The zero-order valence-electron chi connectivity index (χ0n) is 11.3. The van der Waals surface area contributed by atoms with Crippen molar-refractivity contribution in [2.24, 2.45) is 0 Å². The molecule has 1 unspecified atom stereocenters. The van der Waals surface area contributed by atoms with E-state index in [0.29, 0.717) is 15.8 Å². The van der Waals surface area contributed by atoms with E-state index in [2.05, 4.69) is 0 Å². The highest BCUT2D eigenvalue weighted by Crippen LogP contribution is 2.42. The second-order valence-corrected chi connectivity index (χ2v) is 6.82. The van der Waals surface area contributed by atoms with Crippen LogP contribution in [0, 0.1) is 6.92 Å². The maximum atomic E-state index is 12.3. The van der Waals surface area contributed by atoms with Crippen LogP contribution in [0.2, 0.25) is 10.0 Å². The van der Waals surface area contributed by atoms with Crippen LogP contribution in [0.3, 0.4) is 0 Å². The number of hydrogen-bond donors (Lipinski definition) is 0. The molecule has 0 aromatic heterocycles. The number of amides is 1. The summed E-state index contributed by atoms with van der Waals surface area (Å²) in [4.78, 5) is 14.1. The van der Waals surface area contributed by atoms with E-state index in [4.69, 9.17) is 23.2 Å². The molecule has 0 spiro atoms. The average Bonchev–Trinajstić information content (AvgIpc) is 2.85. The largest absolute Gasteiger partial charge is 0.295 e. The third-order valence-corrected chi connectivity index (χ3v) is 5.33. The summed E-state index contributed by atoms with van der Waals surface area (Å²) in [5.41, 5.74) is 2.90. The number of nitrogens with zero attached hydrogens (tertiary/aromatic N) is 1. The zero-order valence-corrected chi connectivity index (χ0v) is 13.7. The lowest BCUT2D eigenvalue weighted by Crippen LogP contribution is -2.27. The molecule has 3 rings (SSSR count). The van der Waals surface area contributed by atoms with Crippen LogP contribution >= 0.6 is 35.0 Å². The summed E-state index contributed by atoms with van der Waals surface area (Å²) in [5.74, 6) is 0.568. The first-order valence-electron chi connectivity index (χ1n) is 6.51. The van der Waals surface area contributed by atoms with E-state index in [1.54, 1.807) is 16.7 Å². The smallest absolute Gasteiger partial charge is 0.238 e. The number of aryl methyl sites for hydroxylation is 1. The lowest BCUT2D eigenvalue weighted by Gasteiger charge is -2.24. The molecule has 0 N–H and O–H groups in total. The SMILES string of the molecule is Cc1ccc(N2C(=O)CSC2c2ccc(Cl)cc2)cc1Cl. The van der Waals surface area contributed by atoms with Gasteiger partial charge in [0.1, 0.15) is 5.37 Å². The Balaban J connectivity index is 1.99. The van der Waals surface area contributed by atoms with Gasteiger partial charge in [-0.25, -0.2) is 0 Å². The molecule has 1 fully saturated rings. The predicted molar refractivity (Wildman–Crippen MR) is 90.3 cm³/mol. The van der Waals surface area contributed by atoms with Crippen LogP contribution in [-0.2, 0) is 4.79 Å². The van der Waals surface area contributed by atoms with Crippen molar-refractivity contribution in [2.45, 2.75) is 12.3 Å². The second-order valence-electron chi connectivity index (χ2n) is 4.91. The van der Waals surface area contributed by atoms with Crippen molar-refractivity contribution in [3.05, 3.63) is 63.6 Å². The lowest BCUT2D eigenvalue weighted by atomic mass is 10.1. The Morgan fingerprint density at radius 2 is 1.86 bits per heavy atom. The van der Waals surface area contributed by atoms with Crippen LogP contribution in [0.4, 0.5) is 5.69 Å². The second kappa shape index (κ2) is 5.91. The van der Waals surface area contributed by atoms with E-state index in [1.807, 2.05) is 49.4 Å². The van der Waals surface area contributed by atoms with Crippen LogP contribution in [-0.4, -0.2) is 11.7 Å². The summed E-state index contributed by atoms with van der Waals surface area (Å²) in [7, 11) is 0. The molecule has 1 saturated heterocycles. The molecule has 1 atom stereocenters. The first kappa shape index (κ1) is 14.8. The Morgan fingerprint density at radius 3 is 2.52 bits per heavy atom. The van der Waals surface area contributed by atoms with Gasteiger partial charge in [0.25, 0.3) is 0 Å². The van der Waals surface area contributed by atoms with Crippen molar-refractivity contribution in [3.63, 3.8) is 0 Å². The topological polar surface area (TPSA) is 20.3 Å². The summed E-state index contributed by atoms with van der Waals surface area (Å²) in [5, 5.41) is 1.33. The van der Waals surface area contributed by atoms with Crippen molar-refractivity contribution in [3.8, 4) is 0 Å². The molecule has 0 saturated carbocycles. The van der Waals surface area contributed by atoms with Crippen LogP contribution in [0.1, 0.15) is 16.5 Å². The van der Waals surface area contributed by atoms with Gasteiger partial charge in [-0.1, -0.05) is 41.4 Å². The summed E-state index contributed by atoms with van der Waals surface area (Å²) < 4.78 is 0. The van der Waals surface area contributed by atoms with E-state index in [0.717, 1.165) is 16.8 Å². The highest BCUT2D eigenvalue weighted by molar-refractivity contribution is 8.00. The Bertz CT molecular complexity index is 687. The molecule has 1 aliphatic heterocycles. The van der Waals surface area contributed by atoms with Gasteiger partial charge in [0, 0.05) is 15.7 Å². The lowest BCUT2D eigenvalue weighted by molar-refractivity contribution is -0.115. The highest BCUT2D eigenvalue weighted by atomic mass is 35.5. The molecule has 1 aliphatic rings. The molecule has 2 aromatic carbocycles. The summed E-state index contributed by atoms with van der Waals surface area (Å²) in [6, 6.07) is 13.3. The molecule has 21 heavy (non-hydrogen) atoms. The Morgan fingerprint density at radius 1 is 1.14 bits per heavy atom. The van der Waals surface area contributed by atoms with E-state index >= 15 is 0 Å². The molecule has 2 aromatic rings. The van der Waals surface area contributed by atoms with Gasteiger partial charge < -0.3 is 0 Å². The molecular weight excluding hydrogens is 325 g/mol. The first-order valence-corrected chi connectivity index (χ1v) is 8.32. The molecular formula is C16H13Cl2NOS. The average molecular weight is 338 g/mol. The minimum absolute atomic E-state index is 0.0338. The molecule has 5 heteroatoms. The van der Waals surface area contributed by atoms with Gasteiger partial charge >= 0.3 is 0 Å². The molecule has 2 nitrogen and oxygen atoms in total. The van der Waals surface area contributed by atoms with Crippen molar-refractivity contribution in [1.29, 1.82) is 0 Å². The maximum Gasteiger partial charge on any atom is 0.238 e. The van der Waals surface area contributed by atoms with Crippen molar-refractivity contribution < 1.29 is 4.79 Å². The molecule has 0 aliphatic carbocycles. The maximum absolute atomic E-state index is 12.3. The summed E-state index contributed by atoms with van der Waals surface area (Å²) in [6.07, 6.45) is 0. The fourth-order valence-corrected chi connectivity index (χ4v) is 3.79. The van der Waals surface area contributed by atoms with Crippen molar-refractivity contribution in [1.82, 2.24) is 0 Å². The van der Waals surface area contributed by atoms with Gasteiger partial charge in [-0.05, 0) is 42.3 Å². The van der Waals surface area contributed by atoms with Gasteiger partial charge in [0.15, 0.2) is 0 Å². The Kier molecular flexibility index (Phi) is 4.16. The Labute approximate surface area is 138 Å². The summed E-state index contributed by atoms with van der Waals surface area (Å²) in [6.45, 7) is 1.95. The van der Waals surface area contributed by atoms with Crippen LogP contribution in [0.15, 0.2) is 42.5 Å². The van der Waals surface area contributed by atoms with Crippen LogP contribution in [0.5, 0.6) is 0 Å². The van der Waals surface area contributed by atoms with E-state index < -0.39 is 0 Å². The minimum Gasteiger partial charge on any atom is -0.295 e. The number of halogens is 2. The van der Waals surface area contributed by atoms with Gasteiger partial charge in [0.05, 0.1) is 5.75 Å². The number of benzene rings is 2. The minimum atomic E-state index is -0.0338. The quantitative estimate of drug-likeness (QED) is 0.761. The number of carbonyl (C=O) groups is 1. The first-order chi connectivity index (χ1) is 10.1. The molecule has 0 radical (unpaired) electrons. The number of thioether (sulfide) groups is 1. The fourth-order valence-electron chi connectivity index (χ4n) is 2.31. The standard InChI is InChI=1S/C16H13Cl2NOS/c1-10-2-7-13(8-14(10)18)19-15(20)9-21-16(19)11-3-5-12(17)6-4-11/h2-8,16H,9H2,1H3. The highest BCUT2D eigenvalue weighted by Gasteiger charge is 2.34. The van der Waals surface area contributed by atoms with Gasteiger partial charge in [0.2, 0.25) is 5.91 Å². The van der Waals surface area contributed by atoms with E-state index in [1.165, 1.54) is 0 Å². The Hall–Kier alpha value is -1.16. The van der Waals surface area contributed by atoms with E-state index in [9.17, 15) is 4.79 Å². The fraction of sp³-hybridized carbons (Fsp3) is 0.188. The number of anilines is 1. The van der Waals surface area contributed by atoms with Gasteiger partial charge in [-0.2, -0.15) is 0 Å². The normalized spacial score (nSPS) is 18.3. The third kappa shape index (κ3) is 2.91. The number of carbonyl (C=O) groups excluding carboxylic acids is 1. The van der Waals surface area contributed by atoms with Gasteiger partial charge in [-0.3, -0.25) is 9.69 Å². The molecule has 108 valence electrons. The monoisotopic (exact) mass is 337 g/mol. The molecule has 1 amide bonds. The van der Waals surface area contributed by atoms with Crippen molar-refractivity contribution in [2.75, 3.05) is 10.7 Å².